The van der Waals surface area contributed by atoms with E-state index in [2.05, 4.69) is 10.6 Å². The Balaban J connectivity index is 1.35. The van der Waals surface area contributed by atoms with Crippen molar-refractivity contribution >= 4 is 35.2 Å². The van der Waals surface area contributed by atoms with Crippen LogP contribution in [0.1, 0.15) is 77.6 Å². The van der Waals surface area contributed by atoms with E-state index in [-0.39, 0.29) is 35.6 Å². The van der Waals surface area contributed by atoms with Gasteiger partial charge in [-0.25, -0.2) is 0 Å². The Morgan fingerprint density at radius 3 is 2.51 bits per heavy atom. The Morgan fingerprint density at radius 1 is 1.05 bits per heavy atom. The molecule has 4 fully saturated rings. The van der Waals surface area contributed by atoms with Crippen LogP contribution in [0.4, 0.5) is 5.69 Å². The van der Waals surface area contributed by atoms with Crippen LogP contribution in [0.25, 0.3) is 0 Å². The maximum absolute atomic E-state index is 14.1. The monoisotopic (exact) mass is 557 g/mol. The van der Waals surface area contributed by atoms with Crippen LogP contribution in [-0.2, 0) is 14.4 Å². The van der Waals surface area contributed by atoms with Crippen LogP contribution in [0.3, 0.4) is 0 Å². The number of thioether (sulfide) groups is 1. The summed E-state index contributed by atoms with van der Waals surface area (Å²) < 4.78 is 4.96. The average Bonchev–Trinajstić information content (AvgIpc) is 3.58. The highest BCUT2D eigenvalue weighted by Crippen LogP contribution is 2.66. The molecule has 1 aromatic carbocycles. The maximum atomic E-state index is 14.1. The number of hydrogen-bond donors (Lipinski definition) is 3. The first-order valence-corrected chi connectivity index (χ1v) is 15.8. The number of aliphatic hydroxyl groups excluding tert-OH is 1. The minimum atomic E-state index is -0.549. The van der Waals surface area contributed by atoms with E-state index < -0.39 is 22.6 Å². The number of aliphatic hydroxyl groups is 1. The summed E-state index contributed by atoms with van der Waals surface area (Å²) in [5, 5.41) is 15.5. The minimum absolute atomic E-state index is 0.0335. The van der Waals surface area contributed by atoms with Crippen molar-refractivity contribution in [2.24, 2.45) is 11.8 Å². The number of rotatable bonds is 12. The first kappa shape index (κ1) is 28.3. The van der Waals surface area contributed by atoms with Gasteiger partial charge in [-0.3, -0.25) is 14.4 Å². The fourth-order valence-electron chi connectivity index (χ4n) is 7.30. The van der Waals surface area contributed by atoms with Gasteiger partial charge in [0.2, 0.25) is 17.7 Å². The molecule has 3 saturated heterocycles. The molecule has 3 N–H and O–H groups in total. The first-order chi connectivity index (χ1) is 19.0. The molecule has 39 heavy (non-hydrogen) atoms. The fourth-order valence-corrected chi connectivity index (χ4v) is 9.52. The first-order valence-electron chi connectivity index (χ1n) is 14.9. The summed E-state index contributed by atoms with van der Waals surface area (Å²) in [4.78, 5) is 43.5. The zero-order chi connectivity index (χ0) is 27.4. The summed E-state index contributed by atoms with van der Waals surface area (Å²) in [5.74, 6) is -0.391. The summed E-state index contributed by atoms with van der Waals surface area (Å²) in [5.41, 5.74) is 0.683. The van der Waals surface area contributed by atoms with E-state index in [1.54, 1.807) is 11.8 Å². The van der Waals surface area contributed by atoms with E-state index in [9.17, 15) is 14.4 Å². The van der Waals surface area contributed by atoms with Gasteiger partial charge in [0.05, 0.1) is 23.2 Å². The number of carbonyl (C=O) groups is 3. The molecular weight excluding hydrogens is 514 g/mol. The molecule has 3 aliphatic heterocycles. The number of ether oxygens (including phenoxy) is 1. The third-order valence-electron chi connectivity index (χ3n) is 9.04. The lowest BCUT2D eigenvalue weighted by atomic mass is 9.70. The highest BCUT2D eigenvalue weighted by atomic mass is 32.2. The fraction of sp³-hybridized carbons (Fsp3) is 0.700. The van der Waals surface area contributed by atoms with Gasteiger partial charge in [0.25, 0.3) is 0 Å². The van der Waals surface area contributed by atoms with Crippen molar-refractivity contribution < 1.29 is 24.2 Å². The lowest BCUT2D eigenvalue weighted by Gasteiger charge is -2.35. The van der Waals surface area contributed by atoms with Crippen molar-refractivity contribution in [3.63, 3.8) is 0 Å². The predicted molar refractivity (Wildman–Crippen MR) is 153 cm³/mol. The van der Waals surface area contributed by atoms with Gasteiger partial charge >= 0.3 is 0 Å². The van der Waals surface area contributed by atoms with Crippen LogP contribution in [-0.4, -0.2) is 69.6 Å². The molecule has 3 amide bonds. The van der Waals surface area contributed by atoms with Crippen molar-refractivity contribution in [3.05, 3.63) is 24.3 Å². The topological polar surface area (TPSA) is 108 Å². The Hall–Kier alpha value is -2.26. The zero-order valence-electron chi connectivity index (χ0n) is 23.0. The molecule has 0 aromatic heterocycles. The van der Waals surface area contributed by atoms with E-state index in [4.69, 9.17) is 9.84 Å². The van der Waals surface area contributed by atoms with Crippen molar-refractivity contribution in [1.29, 1.82) is 0 Å². The van der Waals surface area contributed by atoms with Gasteiger partial charge in [0.1, 0.15) is 11.8 Å². The molecule has 1 saturated carbocycles. The van der Waals surface area contributed by atoms with E-state index in [1.165, 1.54) is 6.42 Å². The number of nitrogens with zero attached hydrogens (tertiary/aromatic N) is 1. The van der Waals surface area contributed by atoms with E-state index in [1.807, 2.05) is 36.1 Å². The second-order valence-electron chi connectivity index (χ2n) is 11.5. The molecule has 1 aliphatic carbocycles. The number of likely N-dealkylation sites (tertiary alicyclic amines) is 1. The predicted octanol–water partition coefficient (Wildman–Crippen LogP) is 4.12. The third kappa shape index (κ3) is 5.67. The van der Waals surface area contributed by atoms with Crippen LogP contribution in [0.2, 0.25) is 0 Å². The van der Waals surface area contributed by atoms with Crippen LogP contribution in [0.5, 0.6) is 5.75 Å². The molecule has 5 rings (SSSR count). The number of hydrogen-bond acceptors (Lipinski definition) is 6. The van der Waals surface area contributed by atoms with Crippen LogP contribution in [0.15, 0.2) is 24.3 Å². The third-order valence-corrected chi connectivity index (χ3v) is 11.0. The van der Waals surface area contributed by atoms with Gasteiger partial charge < -0.3 is 25.4 Å². The normalized spacial score (nSPS) is 29.9. The van der Waals surface area contributed by atoms with Crippen LogP contribution >= 0.6 is 11.8 Å². The van der Waals surface area contributed by atoms with Gasteiger partial charge in [-0.05, 0) is 69.7 Å². The average molecular weight is 558 g/mol. The Kier molecular flexibility index (Phi) is 9.06. The number of amides is 3. The second kappa shape index (κ2) is 12.5. The quantitative estimate of drug-likeness (QED) is 0.334. The summed E-state index contributed by atoms with van der Waals surface area (Å²) in [7, 11) is 0. The lowest BCUT2D eigenvalue weighted by molar-refractivity contribution is -0.139. The lowest BCUT2D eigenvalue weighted by Crippen LogP contribution is -2.55. The number of anilines is 1. The molecule has 5 atom stereocenters. The Labute approximate surface area is 236 Å². The summed E-state index contributed by atoms with van der Waals surface area (Å²) in [6, 6.07) is 6.96. The number of unbranched alkanes of at least 4 members (excludes halogenated alkanes) is 3. The van der Waals surface area contributed by atoms with Crippen molar-refractivity contribution in [2.45, 2.75) is 99.6 Å². The van der Waals surface area contributed by atoms with Gasteiger partial charge in [-0.1, -0.05) is 32.1 Å². The van der Waals surface area contributed by atoms with E-state index in [0.717, 1.165) is 70.0 Å². The van der Waals surface area contributed by atoms with Crippen molar-refractivity contribution in [1.82, 2.24) is 10.2 Å². The van der Waals surface area contributed by atoms with Crippen LogP contribution < -0.4 is 15.4 Å². The zero-order valence-corrected chi connectivity index (χ0v) is 23.8. The molecule has 214 valence electrons. The molecule has 2 unspecified atom stereocenters. The highest BCUT2D eigenvalue weighted by Gasteiger charge is 2.73. The highest BCUT2D eigenvalue weighted by molar-refractivity contribution is 8.02. The molecule has 4 aliphatic rings. The van der Waals surface area contributed by atoms with Crippen LogP contribution in [0, 0.1) is 11.8 Å². The standard InChI is InChI=1S/C30H43N3O5S/c1-2-38-22-14-12-21(13-15-22)31-27(35)24-23-16-17-30(39-23)25(24)29(37)33(18-8-3-4-9-19-34)26(30)28(36)32-20-10-6-5-7-11-20/h12-15,20,23-26,34H,2-11,16-19H2,1H3,(H,31,35)(H,32,36)/t23-,24+,25-,26?,30?/m0/s1. The van der Waals surface area contributed by atoms with E-state index in [0.29, 0.717) is 18.8 Å². The second-order valence-corrected chi connectivity index (χ2v) is 13.1. The Morgan fingerprint density at radius 2 is 1.79 bits per heavy atom. The molecule has 9 heteroatoms. The minimum Gasteiger partial charge on any atom is -0.494 e. The number of carbonyl (C=O) groups excluding carboxylic acids is 3. The van der Waals surface area contributed by atoms with E-state index >= 15 is 0 Å². The number of benzene rings is 1. The maximum Gasteiger partial charge on any atom is 0.244 e. The number of fused-ring (bicyclic) bond motifs is 1. The summed E-state index contributed by atoms with van der Waals surface area (Å²) >= 11 is 1.72. The van der Waals surface area contributed by atoms with Gasteiger partial charge in [-0.2, -0.15) is 0 Å². The Bertz CT molecular complexity index is 1030. The number of nitrogens with one attached hydrogen (secondary N) is 2. The summed E-state index contributed by atoms with van der Waals surface area (Å²) in [6.07, 6.45) is 10.4. The molecular formula is C30H43N3O5S. The van der Waals surface area contributed by atoms with Crippen molar-refractivity contribution in [2.75, 3.05) is 25.1 Å². The molecule has 8 nitrogen and oxygen atoms in total. The smallest absolute Gasteiger partial charge is 0.244 e. The SMILES string of the molecule is CCOc1ccc(NC(=O)[C@@H]2[C@@H]3CCC4(S3)C(C(=O)NC3CCCCC3)N(CCCCCCO)C(=O)[C@H]24)cc1. The van der Waals surface area contributed by atoms with Gasteiger partial charge in [0.15, 0.2) is 0 Å². The summed E-state index contributed by atoms with van der Waals surface area (Å²) in [6.45, 7) is 3.19. The van der Waals surface area contributed by atoms with Gasteiger partial charge in [0, 0.05) is 30.1 Å². The molecule has 3 heterocycles. The molecule has 1 aromatic rings. The van der Waals surface area contributed by atoms with Crippen molar-refractivity contribution in [3.8, 4) is 5.75 Å². The largest absolute Gasteiger partial charge is 0.494 e. The molecule has 1 spiro atoms. The molecule has 0 radical (unpaired) electrons. The molecule has 2 bridgehead atoms. The van der Waals surface area contributed by atoms with Gasteiger partial charge in [-0.15, -0.1) is 11.8 Å².